The van der Waals surface area contributed by atoms with Crippen molar-refractivity contribution in [1.29, 1.82) is 0 Å². The van der Waals surface area contributed by atoms with Crippen molar-refractivity contribution in [3.05, 3.63) is 73.3 Å². The molecule has 0 saturated heterocycles. The summed E-state index contributed by atoms with van der Waals surface area (Å²) in [5, 5.41) is 0. The molecule has 0 aromatic carbocycles. The Hall–Kier alpha value is -2.09. The fourth-order valence-corrected chi connectivity index (χ4v) is 0.960. The Morgan fingerprint density at radius 2 is 1.82 bits per heavy atom. The third kappa shape index (κ3) is 7.79. The molecule has 0 atom stereocenters. The van der Waals surface area contributed by atoms with Gasteiger partial charge in [-0.2, -0.15) is 0 Å². The number of nitrogens with zero attached hydrogens (tertiary/aromatic N) is 1. The Morgan fingerprint density at radius 1 is 1.06 bits per heavy atom. The third-order valence-electron chi connectivity index (χ3n) is 1.62. The molecule has 0 aliphatic heterocycles. The fourth-order valence-electron chi connectivity index (χ4n) is 0.960. The molecule has 17 heavy (non-hydrogen) atoms. The zero-order chi connectivity index (χ0) is 12.9. The van der Waals surface area contributed by atoms with Gasteiger partial charge in [-0.15, -0.1) is 0 Å². The Morgan fingerprint density at radius 3 is 2.35 bits per heavy atom. The molecule has 0 bridgehead atoms. The van der Waals surface area contributed by atoms with Gasteiger partial charge < -0.3 is 4.74 Å². The van der Waals surface area contributed by atoms with Crippen LogP contribution in [0.5, 0.6) is 0 Å². The van der Waals surface area contributed by atoms with Gasteiger partial charge in [0.15, 0.2) is 0 Å². The van der Waals surface area contributed by atoms with Crippen molar-refractivity contribution in [3.63, 3.8) is 0 Å². The SMILES string of the molecule is C=C/C=C\C(=C/C=C)OC(/C=N\C)=C/C=C\C. The number of aliphatic imine (C=N–C) groups is 1. The number of hydrogen-bond acceptors (Lipinski definition) is 2. The van der Waals surface area contributed by atoms with Crippen LogP contribution in [0.15, 0.2) is 78.3 Å². The largest absolute Gasteiger partial charge is 0.456 e. The molecular weight excluding hydrogens is 210 g/mol. The van der Waals surface area contributed by atoms with E-state index in [2.05, 4.69) is 18.2 Å². The monoisotopic (exact) mass is 229 g/mol. The molecular formula is C15H19NO. The van der Waals surface area contributed by atoms with E-state index in [-0.39, 0.29) is 0 Å². The summed E-state index contributed by atoms with van der Waals surface area (Å²) < 4.78 is 5.65. The van der Waals surface area contributed by atoms with Gasteiger partial charge in [0.25, 0.3) is 0 Å². The standard InChI is InChI=1S/C15H19NO/c1-5-8-11-14(10-7-3)17-15(13-16-4)12-9-6-2/h5-13H,1,3H2,2,4H3/b9-6-,11-8-,14-10+,15-12+,16-13-. The summed E-state index contributed by atoms with van der Waals surface area (Å²) in [6.07, 6.45) is 16.0. The van der Waals surface area contributed by atoms with Crippen molar-refractivity contribution >= 4 is 6.21 Å². The maximum absolute atomic E-state index is 5.65. The Balaban J connectivity index is 4.92. The van der Waals surface area contributed by atoms with Crippen molar-refractivity contribution < 1.29 is 4.74 Å². The summed E-state index contributed by atoms with van der Waals surface area (Å²) in [6.45, 7) is 9.19. The van der Waals surface area contributed by atoms with Crippen LogP contribution in [-0.4, -0.2) is 13.3 Å². The molecule has 0 aliphatic rings. The first-order valence-corrected chi connectivity index (χ1v) is 5.33. The second kappa shape index (κ2) is 10.4. The van der Waals surface area contributed by atoms with Crippen LogP contribution in [0.3, 0.4) is 0 Å². The summed E-state index contributed by atoms with van der Waals surface area (Å²) in [5.41, 5.74) is 0. The number of hydrogen-bond donors (Lipinski definition) is 0. The van der Waals surface area contributed by atoms with Crippen molar-refractivity contribution in [2.24, 2.45) is 4.99 Å². The molecule has 0 aromatic heterocycles. The predicted molar refractivity (Wildman–Crippen MR) is 76.0 cm³/mol. The van der Waals surface area contributed by atoms with Crippen LogP contribution in [0.25, 0.3) is 0 Å². The highest BCUT2D eigenvalue weighted by Gasteiger charge is 1.96. The highest BCUT2D eigenvalue weighted by Crippen LogP contribution is 2.07. The van der Waals surface area contributed by atoms with Crippen molar-refractivity contribution in [3.8, 4) is 0 Å². The van der Waals surface area contributed by atoms with E-state index >= 15 is 0 Å². The molecule has 0 N–H and O–H groups in total. The summed E-state index contributed by atoms with van der Waals surface area (Å²) >= 11 is 0. The zero-order valence-corrected chi connectivity index (χ0v) is 10.5. The summed E-state index contributed by atoms with van der Waals surface area (Å²) in [7, 11) is 1.70. The minimum Gasteiger partial charge on any atom is -0.456 e. The minimum atomic E-state index is 0.660. The zero-order valence-electron chi connectivity index (χ0n) is 10.5. The van der Waals surface area contributed by atoms with Crippen molar-refractivity contribution in [2.75, 3.05) is 7.05 Å². The van der Waals surface area contributed by atoms with E-state index in [1.54, 1.807) is 37.6 Å². The Labute approximate surface area is 104 Å². The molecule has 0 aromatic rings. The van der Waals surface area contributed by atoms with E-state index < -0.39 is 0 Å². The van der Waals surface area contributed by atoms with Gasteiger partial charge in [-0.05, 0) is 25.2 Å². The Bertz CT molecular complexity index is 382. The smallest absolute Gasteiger partial charge is 0.145 e. The molecule has 90 valence electrons. The molecule has 0 rings (SSSR count). The van der Waals surface area contributed by atoms with Crippen LogP contribution in [0, 0.1) is 0 Å². The van der Waals surface area contributed by atoms with Gasteiger partial charge in [0.05, 0.1) is 6.21 Å². The van der Waals surface area contributed by atoms with Crippen LogP contribution in [0.1, 0.15) is 6.92 Å². The highest BCUT2D eigenvalue weighted by atomic mass is 16.5. The van der Waals surface area contributed by atoms with E-state index in [9.17, 15) is 0 Å². The topological polar surface area (TPSA) is 21.6 Å². The number of rotatable bonds is 7. The summed E-state index contributed by atoms with van der Waals surface area (Å²) in [6, 6.07) is 0. The lowest BCUT2D eigenvalue weighted by atomic mass is 10.3. The molecule has 2 heteroatoms. The number of ether oxygens (including phenoxy) is 1. The summed E-state index contributed by atoms with van der Waals surface area (Å²) in [5.74, 6) is 1.34. The van der Waals surface area contributed by atoms with E-state index in [0.717, 1.165) is 0 Å². The number of allylic oxidation sites excluding steroid dienone is 9. The molecule has 0 heterocycles. The molecule has 0 fully saturated rings. The van der Waals surface area contributed by atoms with Crippen LogP contribution in [0.4, 0.5) is 0 Å². The van der Waals surface area contributed by atoms with Crippen LogP contribution < -0.4 is 0 Å². The summed E-state index contributed by atoms with van der Waals surface area (Å²) in [4.78, 5) is 3.93. The first-order valence-electron chi connectivity index (χ1n) is 5.33. The van der Waals surface area contributed by atoms with Crippen LogP contribution in [-0.2, 0) is 4.74 Å². The van der Waals surface area contributed by atoms with Gasteiger partial charge in [-0.25, -0.2) is 0 Å². The highest BCUT2D eigenvalue weighted by molar-refractivity contribution is 5.76. The second-order valence-corrected chi connectivity index (χ2v) is 2.98. The van der Waals surface area contributed by atoms with Crippen molar-refractivity contribution in [1.82, 2.24) is 0 Å². The van der Waals surface area contributed by atoms with E-state index in [0.29, 0.717) is 11.5 Å². The van der Waals surface area contributed by atoms with Crippen molar-refractivity contribution in [2.45, 2.75) is 6.92 Å². The van der Waals surface area contributed by atoms with Gasteiger partial charge in [0.2, 0.25) is 0 Å². The lowest BCUT2D eigenvalue weighted by Crippen LogP contribution is -1.92. The fraction of sp³-hybridized carbons (Fsp3) is 0.133. The van der Waals surface area contributed by atoms with E-state index in [1.807, 2.05) is 31.2 Å². The average Bonchev–Trinajstić information content (AvgIpc) is 2.33. The van der Waals surface area contributed by atoms with E-state index in [4.69, 9.17) is 4.74 Å². The first-order chi connectivity index (χ1) is 8.28. The van der Waals surface area contributed by atoms with Gasteiger partial charge in [0.1, 0.15) is 11.5 Å². The second-order valence-electron chi connectivity index (χ2n) is 2.98. The maximum atomic E-state index is 5.65. The van der Waals surface area contributed by atoms with Gasteiger partial charge in [-0.3, -0.25) is 4.99 Å². The van der Waals surface area contributed by atoms with Gasteiger partial charge in [0, 0.05) is 7.05 Å². The molecule has 2 nitrogen and oxygen atoms in total. The molecule has 0 saturated carbocycles. The molecule has 0 aliphatic carbocycles. The molecule has 0 spiro atoms. The third-order valence-corrected chi connectivity index (χ3v) is 1.62. The lowest BCUT2D eigenvalue weighted by Gasteiger charge is -2.05. The Kier molecular flexibility index (Phi) is 9.15. The normalized spacial score (nSPS) is 13.8. The van der Waals surface area contributed by atoms with E-state index in [1.165, 1.54) is 0 Å². The predicted octanol–water partition coefficient (Wildman–Crippen LogP) is 3.98. The van der Waals surface area contributed by atoms with Crippen LogP contribution >= 0.6 is 0 Å². The quantitative estimate of drug-likeness (QED) is 0.367. The van der Waals surface area contributed by atoms with Gasteiger partial charge in [-0.1, -0.05) is 43.5 Å². The molecule has 0 amide bonds. The molecule has 0 unspecified atom stereocenters. The molecule has 0 radical (unpaired) electrons. The first kappa shape index (κ1) is 14.9. The maximum Gasteiger partial charge on any atom is 0.145 e. The van der Waals surface area contributed by atoms with Crippen LogP contribution in [0.2, 0.25) is 0 Å². The van der Waals surface area contributed by atoms with Gasteiger partial charge >= 0.3 is 0 Å². The lowest BCUT2D eigenvalue weighted by molar-refractivity contribution is 0.347. The minimum absolute atomic E-state index is 0.660. The average molecular weight is 229 g/mol.